The van der Waals surface area contributed by atoms with Gasteiger partial charge in [0.25, 0.3) is 0 Å². The molecule has 4 heteroatoms. The van der Waals surface area contributed by atoms with Crippen LogP contribution in [0.2, 0.25) is 5.02 Å². The van der Waals surface area contributed by atoms with Crippen molar-refractivity contribution in [2.75, 3.05) is 13.2 Å². The number of halogens is 1. The third-order valence-corrected chi connectivity index (χ3v) is 2.73. The van der Waals surface area contributed by atoms with Gasteiger partial charge in [-0.1, -0.05) is 36.7 Å². The SMILES string of the molecule is CCCOCCC(NN)c1ccccc1Cl. The van der Waals surface area contributed by atoms with Crippen molar-refractivity contribution in [3.05, 3.63) is 34.9 Å². The fourth-order valence-electron chi connectivity index (χ4n) is 1.53. The van der Waals surface area contributed by atoms with Gasteiger partial charge in [0.1, 0.15) is 0 Å². The Labute approximate surface area is 102 Å². The monoisotopic (exact) mass is 242 g/mol. The summed E-state index contributed by atoms with van der Waals surface area (Å²) in [5, 5.41) is 0.737. The summed E-state index contributed by atoms with van der Waals surface area (Å²) in [5.41, 5.74) is 3.79. The summed E-state index contributed by atoms with van der Waals surface area (Å²) < 4.78 is 5.44. The van der Waals surface area contributed by atoms with Crippen LogP contribution in [0, 0.1) is 0 Å². The first-order valence-corrected chi connectivity index (χ1v) is 5.95. The van der Waals surface area contributed by atoms with Gasteiger partial charge in [0.2, 0.25) is 0 Å². The number of rotatable bonds is 7. The molecular formula is C12H19ClN2O. The van der Waals surface area contributed by atoms with Crippen molar-refractivity contribution in [3.63, 3.8) is 0 Å². The average molecular weight is 243 g/mol. The molecule has 3 N–H and O–H groups in total. The molecule has 0 fully saturated rings. The molecule has 0 spiro atoms. The number of nitrogens with two attached hydrogens (primary N) is 1. The molecule has 16 heavy (non-hydrogen) atoms. The molecule has 0 aromatic heterocycles. The van der Waals surface area contributed by atoms with Crippen LogP contribution in [-0.4, -0.2) is 13.2 Å². The second-order valence-electron chi connectivity index (χ2n) is 3.64. The van der Waals surface area contributed by atoms with Crippen LogP contribution in [0.25, 0.3) is 0 Å². The van der Waals surface area contributed by atoms with Gasteiger partial charge in [-0.15, -0.1) is 0 Å². The zero-order valence-corrected chi connectivity index (χ0v) is 10.3. The Bertz CT molecular complexity index is 307. The van der Waals surface area contributed by atoms with E-state index in [-0.39, 0.29) is 6.04 Å². The predicted octanol–water partition coefficient (Wildman–Crippen LogP) is 2.66. The first-order valence-electron chi connectivity index (χ1n) is 5.58. The van der Waals surface area contributed by atoms with Gasteiger partial charge in [0.05, 0.1) is 0 Å². The largest absolute Gasteiger partial charge is 0.381 e. The van der Waals surface area contributed by atoms with Crippen LogP contribution in [0.1, 0.15) is 31.4 Å². The highest BCUT2D eigenvalue weighted by atomic mass is 35.5. The fourth-order valence-corrected chi connectivity index (χ4v) is 1.80. The van der Waals surface area contributed by atoms with E-state index in [0.29, 0.717) is 6.61 Å². The second kappa shape index (κ2) is 7.63. The highest BCUT2D eigenvalue weighted by molar-refractivity contribution is 6.31. The van der Waals surface area contributed by atoms with Crippen molar-refractivity contribution in [2.45, 2.75) is 25.8 Å². The maximum absolute atomic E-state index is 6.10. The fraction of sp³-hybridized carbons (Fsp3) is 0.500. The molecule has 1 aromatic rings. The smallest absolute Gasteiger partial charge is 0.0496 e. The lowest BCUT2D eigenvalue weighted by Crippen LogP contribution is -2.29. The molecule has 1 aromatic carbocycles. The summed E-state index contributed by atoms with van der Waals surface area (Å²) in [4.78, 5) is 0. The molecule has 90 valence electrons. The lowest BCUT2D eigenvalue weighted by Gasteiger charge is -2.17. The summed E-state index contributed by atoms with van der Waals surface area (Å²) in [7, 11) is 0. The van der Waals surface area contributed by atoms with E-state index < -0.39 is 0 Å². The predicted molar refractivity (Wildman–Crippen MR) is 67.2 cm³/mol. The van der Waals surface area contributed by atoms with Crippen LogP contribution < -0.4 is 11.3 Å². The van der Waals surface area contributed by atoms with Crippen LogP contribution in [0.3, 0.4) is 0 Å². The Hall–Kier alpha value is -0.610. The van der Waals surface area contributed by atoms with E-state index in [4.69, 9.17) is 22.2 Å². The number of hydrogen-bond acceptors (Lipinski definition) is 3. The van der Waals surface area contributed by atoms with Gasteiger partial charge >= 0.3 is 0 Å². The third-order valence-electron chi connectivity index (χ3n) is 2.38. The molecule has 0 saturated heterocycles. The summed E-state index contributed by atoms with van der Waals surface area (Å²) >= 11 is 6.10. The zero-order valence-electron chi connectivity index (χ0n) is 9.58. The molecule has 0 bridgehead atoms. The minimum Gasteiger partial charge on any atom is -0.381 e. The molecule has 0 aliphatic heterocycles. The third kappa shape index (κ3) is 4.10. The molecule has 1 rings (SSSR count). The van der Waals surface area contributed by atoms with Gasteiger partial charge in [-0.3, -0.25) is 11.3 Å². The molecule has 3 nitrogen and oxygen atoms in total. The van der Waals surface area contributed by atoms with Crippen LogP contribution >= 0.6 is 11.6 Å². The van der Waals surface area contributed by atoms with Crippen LogP contribution in [-0.2, 0) is 4.74 Å². The molecule has 0 saturated carbocycles. The van der Waals surface area contributed by atoms with E-state index in [2.05, 4.69) is 12.3 Å². The second-order valence-corrected chi connectivity index (χ2v) is 4.05. The molecule has 0 aliphatic rings. The van der Waals surface area contributed by atoms with E-state index in [1.54, 1.807) is 0 Å². The van der Waals surface area contributed by atoms with Gasteiger partial charge in [-0.2, -0.15) is 0 Å². The van der Waals surface area contributed by atoms with Crippen molar-refractivity contribution in [2.24, 2.45) is 5.84 Å². The van der Waals surface area contributed by atoms with Crippen molar-refractivity contribution in [1.82, 2.24) is 5.43 Å². The molecule has 0 aliphatic carbocycles. The summed E-state index contributed by atoms with van der Waals surface area (Å²) in [6, 6.07) is 7.76. The van der Waals surface area contributed by atoms with E-state index in [1.807, 2.05) is 24.3 Å². The Morgan fingerprint density at radius 2 is 2.12 bits per heavy atom. The van der Waals surface area contributed by atoms with Crippen molar-refractivity contribution < 1.29 is 4.74 Å². The topological polar surface area (TPSA) is 47.3 Å². The summed E-state index contributed by atoms with van der Waals surface area (Å²) in [5.74, 6) is 5.52. The Balaban J connectivity index is 2.51. The molecule has 0 radical (unpaired) electrons. The molecular weight excluding hydrogens is 224 g/mol. The van der Waals surface area contributed by atoms with Crippen molar-refractivity contribution >= 4 is 11.6 Å². The standard InChI is InChI=1S/C12H19ClN2O/c1-2-8-16-9-7-12(15-14)10-5-3-4-6-11(10)13/h3-6,12,15H,2,7-9,14H2,1H3. The summed E-state index contributed by atoms with van der Waals surface area (Å²) in [6.45, 7) is 3.57. The van der Waals surface area contributed by atoms with Crippen molar-refractivity contribution in [3.8, 4) is 0 Å². The van der Waals surface area contributed by atoms with E-state index >= 15 is 0 Å². The highest BCUT2D eigenvalue weighted by Crippen LogP contribution is 2.24. The molecule has 1 unspecified atom stereocenters. The first-order chi connectivity index (χ1) is 7.79. The lowest BCUT2D eigenvalue weighted by atomic mass is 10.1. The normalized spacial score (nSPS) is 12.7. The molecule has 0 heterocycles. The maximum Gasteiger partial charge on any atom is 0.0496 e. The van der Waals surface area contributed by atoms with Crippen LogP contribution in [0.4, 0.5) is 0 Å². The summed E-state index contributed by atoms with van der Waals surface area (Å²) in [6.07, 6.45) is 1.85. The first kappa shape index (κ1) is 13.5. The van der Waals surface area contributed by atoms with Crippen LogP contribution in [0.5, 0.6) is 0 Å². The van der Waals surface area contributed by atoms with Gasteiger partial charge in [0, 0.05) is 24.3 Å². The van der Waals surface area contributed by atoms with Gasteiger partial charge in [-0.05, 0) is 24.5 Å². The number of nitrogens with one attached hydrogen (secondary N) is 1. The number of hydrogen-bond donors (Lipinski definition) is 2. The lowest BCUT2D eigenvalue weighted by molar-refractivity contribution is 0.124. The Kier molecular flexibility index (Phi) is 6.42. The minimum absolute atomic E-state index is 0.0468. The zero-order chi connectivity index (χ0) is 11.8. The van der Waals surface area contributed by atoms with Crippen LogP contribution in [0.15, 0.2) is 24.3 Å². The number of benzene rings is 1. The van der Waals surface area contributed by atoms with Gasteiger partial charge in [0.15, 0.2) is 0 Å². The molecule has 1 atom stereocenters. The Morgan fingerprint density at radius 3 is 2.75 bits per heavy atom. The van der Waals surface area contributed by atoms with E-state index in [0.717, 1.165) is 30.0 Å². The minimum atomic E-state index is 0.0468. The van der Waals surface area contributed by atoms with Gasteiger partial charge < -0.3 is 4.74 Å². The average Bonchev–Trinajstić information content (AvgIpc) is 2.31. The van der Waals surface area contributed by atoms with E-state index in [1.165, 1.54) is 0 Å². The van der Waals surface area contributed by atoms with Gasteiger partial charge in [-0.25, -0.2) is 0 Å². The number of ether oxygens (including phenoxy) is 1. The van der Waals surface area contributed by atoms with Crippen molar-refractivity contribution in [1.29, 1.82) is 0 Å². The van der Waals surface area contributed by atoms with E-state index in [9.17, 15) is 0 Å². The Morgan fingerprint density at radius 1 is 1.38 bits per heavy atom. The maximum atomic E-state index is 6.10. The highest BCUT2D eigenvalue weighted by Gasteiger charge is 2.12. The number of hydrazine groups is 1. The molecule has 0 amide bonds. The quantitative estimate of drug-likeness (QED) is 0.439.